The zero-order chi connectivity index (χ0) is 14.6. The zero-order valence-electron chi connectivity index (χ0n) is 10.8. The number of pyridine rings is 1. The molecule has 2 rings (SSSR count). The van der Waals surface area contributed by atoms with Crippen LogP contribution >= 0.6 is 0 Å². The maximum Gasteiger partial charge on any atom is 0.182 e. The molecular formula is C14H12N2O3S. The van der Waals surface area contributed by atoms with Crippen molar-refractivity contribution in [3.8, 4) is 11.8 Å². The molecule has 1 heterocycles. The second kappa shape index (κ2) is 5.72. The fourth-order valence-electron chi connectivity index (χ4n) is 1.71. The van der Waals surface area contributed by atoms with Gasteiger partial charge < -0.3 is 4.74 Å². The smallest absolute Gasteiger partial charge is 0.182 e. The van der Waals surface area contributed by atoms with E-state index in [2.05, 4.69) is 4.98 Å². The van der Waals surface area contributed by atoms with Gasteiger partial charge in [-0.15, -0.1) is 0 Å². The van der Waals surface area contributed by atoms with E-state index < -0.39 is 9.84 Å². The lowest BCUT2D eigenvalue weighted by Gasteiger charge is -2.06. The van der Waals surface area contributed by atoms with Crippen molar-refractivity contribution in [2.45, 2.75) is 10.6 Å². The fraction of sp³-hybridized carbons (Fsp3) is 0.143. The quantitative estimate of drug-likeness (QED) is 0.858. The van der Waals surface area contributed by atoms with Crippen LogP contribution < -0.4 is 4.74 Å². The van der Waals surface area contributed by atoms with Gasteiger partial charge in [-0.2, -0.15) is 5.26 Å². The molecular weight excluding hydrogens is 276 g/mol. The molecule has 0 amide bonds. The average Bonchev–Trinajstić information content (AvgIpc) is 2.47. The van der Waals surface area contributed by atoms with Crippen LogP contribution in [0.4, 0.5) is 0 Å². The van der Waals surface area contributed by atoms with Crippen molar-refractivity contribution in [1.29, 1.82) is 5.26 Å². The van der Waals surface area contributed by atoms with Gasteiger partial charge in [-0.05, 0) is 42.0 Å². The molecule has 0 spiro atoms. The minimum absolute atomic E-state index is 0.170. The van der Waals surface area contributed by atoms with E-state index in [1.165, 1.54) is 31.5 Å². The van der Waals surface area contributed by atoms with Crippen LogP contribution in [-0.2, 0) is 15.6 Å². The van der Waals surface area contributed by atoms with Crippen LogP contribution in [0.15, 0.2) is 47.5 Å². The van der Waals surface area contributed by atoms with Crippen LogP contribution in [0.1, 0.15) is 11.3 Å². The van der Waals surface area contributed by atoms with Gasteiger partial charge in [0.25, 0.3) is 0 Å². The van der Waals surface area contributed by atoms with Crippen molar-refractivity contribution in [3.63, 3.8) is 0 Å². The number of hydrogen-bond donors (Lipinski definition) is 0. The molecule has 0 radical (unpaired) electrons. The van der Waals surface area contributed by atoms with Crippen LogP contribution in [0.25, 0.3) is 0 Å². The molecule has 0 saturated carbocycles. The summed E-state index contributed by atoms with van der Waals surface area (Å²) in [7, 11) is -1.94. The van der Waals surface area contributed by atoms with Crippen molar-refractivity contribution in [2.75, 3.05) is 7.11 Å². The number of hydrogen-bond acceptors (Lipinski definition) is 5. The molecule has 6 heteroatoms. The van der Waals surface area contributed by atoms with E-state index in [9.17, 15) is 8.42 Å². The average molecular weight is 288 g/mol. The number of rotatable bonds is 4. The third-order valence-corrected chi connectivity index (χ3v) is 4.42. The van der Waals surface area contributed by atoms with E-state index in [4.69, 9.17) is 10.00 Å². The van der Waals surface area contributed by atoms with Gasteiger partial charge in [0.1, 0.15) is 17.5 Å². The number of benzene rings is 1. The number of aromatic nitrogens is 1. The van der Waals surface area contributed by atoms with Crippen LogP contribution in [-0.4, -0.2) is 20.5 Å². The first-order valence-electron chi connectivity index (χ1n) is 5.77. The summed E-state index contributed by atoms with van der Waals surface area (Å²) < 4.78 is 29.5. The summed E-state index contributed by atoms with van der Waals surface area (Å²) in [6.45, 7) is 0. The standard InChI is InChI=1S/C14H12N2O3S/c1-19-13-2-4-14(5-3-13)20(17,18)10-11-6-7-16-12(8-11)9-15/h2-8H,10H2,1H3. The van der Waals surface area contributed by atoms with E-state index in [0.29, 0.717) is 11.3 Å². The molecule has 0 unspecified atom stereocenters. The predicted octanol–water partition coefficient (Wildman–Crippen LogP) is 1.94. The molecule has 0 atom stereocenters. The van der Waals surface area contributed by atoms with E-state index in [1.54, 1.807) is 18.2 Å². The van der Waals surface area contributed by atoms with Crippen molar-refractivity contribution in [1.82, 2.24) is 4.98 Å². The summed E-state index contributed by atoms with van der Waals surface area (Å²) in [6, 6.07) is 11.1. The molecule has 0 fully saturated rings. The summed E-state index contributed by atoms with van der Waals surface area (Å²) in [6.07, 6.45) is 1.43. The molecule has 0 bridgehead atoms. The second-order valence-electron chi connectivity index (χ2n) is 4.10. The molecule has 5 nitrogen and oxygen atoms in total. The highest BCUT2D eigenvalue weighted by Gasteiger charge is 2.15. The Morgan fingerprint density at radius 3 is 2.55 bits per heavy atom. The molecule has 20 heavy (non-hydrogen) atoms. The SMILES string of the molecule is COc1ccc(S(=O)(=O)Cc2ccnc(C#N)c2)cc1. The maximum atomic E-state index is 12.3. The molecule has 1 aromatic heterocycles. The Labute approximate surface area is 117 Å². The molecule has 1 aromatic carbocycles. The van der Waals surface area contributed by atoms with E-state index in [1.807, 2.05) is 6.07 Å². The van der Waals surface area contributed by atoms with Gasteiger partial charge >= 0.3 is 0 Å². The van der Waals surface area contributed by atoms with E-state index in [0.717, 1.165) is 0 Å². The van der Waals surface area contributed by atoms with Crippen LogP contribution in [0.3, 0.4) is 0 Å². The zero-order valence-corrected chi connectivity index (χ0v) is 11.6. The van der Waals surface area contributed by atoms with Gasteiger partial charge in [-0.3, -0.25) is 0 Å². The van der Waals surface area contributed by atoms with Crippen molar-refractivity contribution in [3.05, 3.63) is 53.9 Å². The Bertz CT molecular complexity index is 747. The molecule has 0 aliphatic heterocycles. The number of nitrogens with zero attached hydrogens (tertiary/aromatic N) is 2. The molecule has 0 N–H and O–H groups in total. The summed E-state index contributed by atoms with van der Waals surface area (Å²) in [5.74, 6) is 0.427. The third-order valence-electron chi connectivity index (χ3n) is 2.71. The Hall–Kier alpha value is -2.39. The maximum absolute atomic E-state index is 12.3. The Balaban J connectivity index is 2.28. The topological polar surface area (TPSA) is 80.1 Å². The lowest BCUT2D eigenvalue weighted by molar-refractivity contribution is 0.414. The minimum Gasteiger partial charge on any atom is -0.497 e. The highest BCUT2D eigenvalue weighted by atomic mass is 32.2. The largest absolute Gasteiger partial charge is 0.497 e. The van der Waals surface area contributed by atoms with Crippen molar-refractivity contribution < 1.29 is 13.2 Å². The fourth-order valence-corrected chi connectivity index (χ4v) is 3.05. The lowest BCUT2D eigenvalue weighted by atomic mass is 10.2. The summed E-state index contributed by atoms with van der Waals surface area (Å²) in [5, 5.41) is 8.76. The van der Waals surface area contributed by atoms with E-state index in [-0.39, 0.29) is 16.3 Å². The summed E-state index contributed by atoms with van der Waals surface area (Å²) >= 11 is 0. The van der Waals surface area contributed by atoms with Gasteiger partial charge in [0.15, 0.2) is 9.84 Å². The van der Waals surface area contributed by atoms with Crippen LogP contribution in [0.2, 0.25) is 0 Å². The van der Waals surface area contributed by atoms with E-state index >= 15 is 0 Å². The lowest BCUT2D eigenvalue weighted by Crippen LogP contribution is -2.05. The molecule has 0 aliphatic rings. The van der Waals surface area contributed by atoms with Crippen molar-refractivity contribution in [2.24, 2.45) is 0 Å². The minimum atomic E-state index is -3.46. The van der Waals surface area contributed by atoms with Crippen molar-refractivity contribution >= 4 is 9.84 Å². The first-order valence-corrected chi connectivity index (χ1v) is 7.42. The number of methoxy groups -OCH3 is 1. The molecule has 2 aromatic rings. The monoisotopic (exact) mass is 288 g/mol. The molecule has 0 aliphatic carbocycles. The first kappa shape index (κ1) is 14.0. The van der Waals surface area contributed by atoms with Gasteiger partial charge in [0.2, 0.25) is 0 Å². The van der Waals surface area contributed by atoms with Gasteiger partial charge in [-0.1, -0.05) is 0 Å². The number of sulfone groups is 1. The molecule has 0 saturated heterocycles. The van der Waals surface area contributed by atoms with Gasteiger partial charge in [-0.25, -0.2) is 13.4 Å². The number of nitriles is 1. The summed E-state index contributed by atoms with van der Waals surface area (Å²) in [4.78, 5) is 4.03. The highest BCUT2D eigenvalue weighted by molar-refractivity contribution is 7.90. The first-order chi connectivity index (χ1) is 9.55. The highest BCUT2D eigenvalue weighted by Crippen LogP contribution is 2.19. The Morgan fingerprint density at radius 1 is 1.25 bits per heavy atom. The Morgan fingerprint density at radius 2 is 1.95 bits per heavy atom. The normalized spacial score (nSPS) is 10.8. The number of ether oxygens (including phenoxy) is 1. The second-order valence-corrected chi connectivity index (χ2v) is 6.09. The summed E-state index contributed by atoms with van der Waals surface area (Å²) in [5.41, 5.74) is 0.736. The Kier molecular flexibility index (Phi) is 4.01. The van der Waals surface area contributed by atoms with Gasteiger partial charge in [0, 0.05) is 6.20 Å². The predicted molar refractivity (Wildman–Crippen MR) is 72.8 cm³/mol. The third kappa shape index (κ3) is 3.13. The van der Waals surface area contributed by atoms with Crippen LogP contribution in [0.5, 0.6) is 5.75 Å². The molecule has 102 valence electrons. The van der Waals surface area contributed by atoms with Gasteiger partial charge in [0.05, 0.1) is 17.8 Å². The van der Waals surface area contributed by atoms with Crippen LogP contribution in [0, 0.1) is 11.3 Å².